The molecule has 2 N–H and O–H groups in total. The largest absolute Gasteiger partial charge is 0.386 e. The van der Waals surface area contributed by atoms with Crippen molar-refractivity contribution >= 4 is 11.4 Å². The summed E-state index contributed by atoms with van der Waals surface area (Å²) in [6, 6.07) is 8.58. The van der Waals surface area contributed by atoms with E-state index in [0.717, 1.165) is 17.8 Å². The van der Waals surface area contributed by atoms with Crippen LogP contribution in [0.25, 0.3) is 0 Å². The zero-order valence-corrected chi connectivity index (χ0v) is 12.5. The molecule has 4 aliphatic rings. The van der Waals surface area contributed by atoms with E-state index in [9.17, 15) is 0 Å². The standard InChI is InChI=1S/C18H26N2/c1-19-16-4-2-3-5-17(16)20-12-18-9-13-6-14(10-18)8-15(7-13)11-18/h2-5,13-15,19-20H,6-12H2,1H3. The third-order valence-electron chi connectivity index (χ3n) is 6.02. The van der Waals surface area contributed by atoms with Crippen molar-refractivity contribution in [2.45, 2.75) is 38.5 Å². The fourth-order valence-corrected chi connectivity index (χ4v) is 5.64. The number of anilines is 2. The average Bonchev–Trinajstić information content (AvgIpc) is 2.44. The van der Waals surface area contributed by atoms with Crippen LogP contribution in [0, 0.1) is 23.2 Å². The lowest BCUT2D eigenvalue weighted by atomic mass is 9.49. The Balaban J connectivity index is 1.49. The zero-order valence-electron chi connectivity index (χ0n) is 12.5. The van der Waals surface area contributed by atoms with Crippen molar-refractivity contribution in [3.05, 3.63) is 24.3 Å². The van der Waals surface area contributed by atoms with E-state index in [-0.39, 0.29) is 0 Å². The van der Waals surface area contributed by atoms with E-state index in [1.807, 2.05) is 7.05 Å². The molecule has 1 aromatic rings. The molecule has 4 bridgehead atoms. The molecule has 0 saturated heterocycles. The lowest BCUT2D eigenvalue weighted by Gasteiger charge is -2.57. The predicted molar refractivity (Wildman–Crippen MR) is 85.1 cm³/mol. The quantitative estimate of drug-likeness (QED) is 0.849. The van der Waals surface area contributed by atoms with Gasteiger partial charge in [0.25, 0.3) is 0 Å². The van der Waals surface area contributed by atoms with Crippen molar-refractivity contribution in [1.82, 2.24) is 0 Å². The van der Waals surface area contributed by atoms with Gasteiger partial charge in [-0.2, -0.15) is 0 Å². The lowest BCUT2D eigenvalue weighted by Crippen LogP contribution is -2.49. The van der Waals surface area contributed by atoms with E-state index in [2.05, 4.69) is 34.9 Å². The molecule has 4 fully saturated rings. The maximum absolute atomic E-state index is 3.76. The smallest absolute Gasteiger partial charge is 0.0576 e. The number of benzene rings is 1. The third-order valence-corrected chi connectivity index (χ3v) is 6.02. The summed E-state index contributed by atoms with van der Waals surface area (Å²) in [6.45, 7) is 1.18. The summed E-state index contributed by atoms with van der Waals surface area (Å²) in [4.78, 5) is 0. The van der Waals surface area contributed by atoms with Crippen molar-refractivity contribution in [3.63, 3.8) is 0 Å². The van der Waals surface area contributed by atoms with E-state index < -0.39 is 0 Å². The number of hydrogen-bond donors (Lipinski definition) is 2. The van der Waals surface area contributed by atoms with Crippen molar-refractivity contribution in [1.29, 1.82) is 0 Å². The minimum atomic E-state index is 0.607. The van der Waals surface area contributed by atoms with Crippen LogP contribution in [0.2, 0.25) is 0 Å². The van der Waals surface area contributed by atoms with E-state index in [4.69, 9.17) is 0 Å². The van der Waals surface area contributed by atoms with Gasteiger partial charge in [0.05, 0.1) is 11.4 Å². The van der Waals surface area contributed by atoms with Gasteiger partial charge in [0, 0.05) is 13.6 Å². The highest BCUT2D eigenvalue weighted by molar-refractivity contribution is 5.68. The van der Waals surface area contributed by atoms with Gasteiger partial charge in [-0.25, -0.2) is 0 Å². The fourth-order valence-electron chi connectivity index (χ4n) is 5.64. The van der Waals surface area contributed by atoms with E-state index in [1.165, 1.54) is 56.4 Å². The van der Waals surface area contributed by atoms with Gasteiger partial charge in [-0.15, -0.1) is 0 Å². The highest BCUT2D eigenvalue weighted by Crippen LogP contribution is 2.59. The minimum absolute atomic E-state index is 0.607. The molecule has 2 heteroatoms. The van der Waals surface area contributed by atoms with Crippen molar-refractivity contribution in [2.24, 2.45) is 23.2 Å². The second-order valence-electron chi connectivity index (χ2n) is 7.57. The van der Waals surface area contributed by atoms with E-state index in [1.54, 1.807) is 0 Å². The van der Waals surface area contributed by atoms with Crippen LogP contribution in [0.5, 0.6) is 0 Å². The number of hydrogen-bond acceptors (Lipinski definition) is 2. The summed E-state index contributed by atoms with van der Waals surface area (Å²) in [6.07, 6.45) is 9.04. The van der Waals surface area contributed by atoms with Crippen molar-refractivity contribution in [3.8, 4) is 0 Å². The first-order valence-corrected chi connectivity index (χ1v) is 8.27. The molecule has 0 heterocycles. The molecule has 0 atom stereocenters. The molecule has 108 valence electrons. The van der Waals surface area contributed by atoms with Crippen LogP contribution in [0.3, 0.4) is 0 Å². The van der Waals surface area contributed by atoms with Gasteiger partial charge in [-0.1, -0.05) is 12.1 Å². The molecule has 4 aliphatic carbocycles. The molecule has 1 aromatic carbocycles. The van der Waals surface area contributed by atoms with Crippen LogP contribution in [0.1, 0.15) is 38.5 Å². The first-order chi connectivity index (χ1) is 9.76. The number of rotatable bonds is 4. The van der Waals surface area contributed by atoms with Crippen molar-refractivity contribution in [2.75, 3.05) is 24.2 Å². The Morgan fingerprint density at radius 2 is 1.50 bits per heavy atom. The topological polar surface area (TPSA) is 24.1 Å². The molecular weight excluding hydrogens is 244 g/mol. The second-order valence-corrected chi connectivity index (χ2v) is 7.57. The molecule has 5 rings (SSSR count). The Labute approximate surface area is 122 Å². The zero-order chi connectivity index (χ0) is 13.6. The van der Waals surface area contributed by atoms with Crippen LogP contribution in [-0.2, 0) is 0 Å². The molecule has 0 spiro atoms. The van der Waals surface area contributed by atoms with Crippen LogP contribution in [0.4, 0.5) is 11.4 Å². The summed E-state index contributed by atoms with van der Waals surface area (Å²) in [5, 5.41) is 7.05. The fraction of sp³-hybridized carbons (Fsp3) is 0.667. The van der Waals surface area contributed by atoms with E-state index >= 15 is 0 Å². The van der Waals surface area contributed by atoms with E-state index in [0.29, 0.717) is 5.41 Å². The summed E-state index contributed by atoms with van der Waals surface area (Å²) < 4.78 is 0. The highest BCUT2D eigenvalue weighted by atomic mass is 14.9. The summed E-state index contributed by atoms with van der Waals surface area (Å²) in [5.41, 5.74) is 3.10. The van der Waals surface area contributed by atoms with Crippen LogP contribution in [-0.4, -0.2) is 13.6 Å². The number of para-hydroxylation sites is 2. The van der Waals surface area contributed by atoms with Crippen LogP contribution < -0.4 is 10.6 Å². The third kappa shape index (κ3) is 2.10. The Morgan fingerprint density at radius 1 is 0.950 bits per heavy atom. The second kappa shape index (κ2) is 4.68. The molecule has 4 saturated carbocycles. The Kier molecular flexibility index (Phi) is 2.94. The normalized spacial score (nSPS) is 38.0. The summed E-state index contributed by atoms with van der Waals surface area (Å²) in [7, 11) is 2.01. The first kappa shape index (κ1) is 12.6. The predicted octanol–water partition coefficient (Wildman–Crippen LogP) is 4.36. The van der Waals surface area contributed by atoms with Gasteiger partial charge in [0.15, 0.2) is 0 Å². The minimum Gasteiger partial charge on any atom is -0.386 e. The van der Waals surface area contributed by atoms with Gasteiger partial charge in [-0.3, -0.25) is 0 Å². The summed E-state index contributed by atoms with van der Waals surface area (Å²) in [5.74, 6) is 3.13. The first-order valence-electron chi connectivity index (χ1n) is 8.27. The molecule has 0 amide bonds. The van der Waals surface area contributed by atoms with Crippen molar-refractivity contribution < 1.29 is 0 Å². The number of nitrogens with one attached hydrogen (secondary N) is 2. The monoisotopic (exact) mass is 270 g/mol. The van der Waals surface area contributed by atoms with Gasteiger partial charge < -0.3 is 10.6 Å². The van der Waals surface area contributed by atoms with Gasteiger partial charge in [0.2, 0.25) is 0 Å². The summed E-state index contributed by atoms with van der Waals surface area (Å²) >= 11 is 0. The molecule has 0 aliphatic heterocycles. The molecule has 2 nitrogen and oxygen atoms in total. The highest BCUT2D eigenvalue weighted by Gasteiger charge is 2.50. The Morgan fingerprint density at radius 3 is 2.05 bits per heavy atom. The Bertz CT molecular complexity index is 459. The van der Waals surface area contributed by atoms with Crippen LogP contribution >= 0.6 is 0 Å². The molecular formula is C18H26N2. The molecule has 0 aromatic heterocycles. The SMILES string of the molecule is CNc1ccccc1NCC12CC3CC(CC(C3)C1)C2. The molecule has 0 unspecified atom stereocenters. The van der Waals surface area contributed by atoms with Gasteiger partial charge in [-0.05, 0) is 73.8 Å². The molecule has 0 radical (unpaired) electrons. The Hall–Kier alpha value is -1.18. The maximum atomic E-state index is 3.76. The maximum Gasteiger partial charge on any atom is 0.0576 e. The lowest BCUT2D eigenvalue weighted by molar-refractivity contribution is -0.0444. The molecule has 20 heavy (non-hydrogen) atoms. The van der Waals surface area contributed by atoms with Crippen LogP contribution in [0.15, 0.2) is 24.3 Å². The van der Waals surface area contributed by atoms with Gasteiger partial charge in [0.1, 0.15) is 0 Å². The van der Waals surface area contributed by atoms with Gasteiger partial charge >= 0.3 is 0 Å². The average molecular weight is 270 g/mol.